The fourth-order valence-electron chi connectivity index (χ4n) is 3.02. The largest absolute Gasteiger partial charge is 0.399 e. The predicted molar refractivity (Wildman–Crippen MR) is 117 cm³/mol. The number of nitrogens with two attached hydrogens (primary N) is 1. The summed E-state index contributed by atoms with van der Waals surface area (Å²) in [5, 5.41) is 10.4. The number of non-ortho nitro benzene ring substituents is 1. The fraction of sp³-hybridized carbons (Fsp3) is 0.400. The van der Waals surface area contributed by atoms with E-state index in [1.807, 2.05) is 0 Å². The number of nitrogens with zero attached hydrogens (tertiary/aromatic N) is 1. The Morgan fingerprint density at radius 1 is 0.781 bits per heavy atom. The van der Waals surface area contributed by atoms with Crippen LogP contribution in [0.1, 0.15) is 0 Å². The molecule has 0 aliphatic carbocycles. The number of anilines is 1. The van der Waals surface area contributed by atoms with E-state index in [0.29, 0.717) is 37.0 Å². The fourth-order valence-corrected chi connectivity index (χ4v) is 6.14. The van der Waals surface area contributed by atoms with Crippen LogP contribution >= 0.6 is 0 Å². The van der Waals surface area contributed by atoms with E-state index < -0.39 is 24.6 Å². The summed E-state index contributed by atoms with van der Waals surface area (Å²) < 4.78 is 57.3. The average Bonchev–Trinajstić information content (AvgIpc) is 2.69. The molecule has 174 valence electrons. The molecule has 2 aliphatic rings. The lowest BCUT2D eigenvalue weighted by Crippen LogP contribution is -2.33. The zero-order valence-corrected chi connectivity index (χ0v) is 18.8. The van der Waals surface area contributed by atoms with Crippen LogP contribution in [0.5, 0.6) is 0 Å². The van der Waals surface area contributed by atoms with Gasteiger partial charge in [0.1, 0.15) is 0 Å². The third kappa shape index (κ3) is 6.25. The zero-order chi connectivity index (χ0) is 23.4. The Bertz CT molecular complexity index is 1140. The lowest BCUT2D eigenvalue weighted by atomic mass is 10.1. The molecule has 0 bridgehead atoms. The highest BCUT2D eigenvalue weighted by Crippen LogP contribution is 2.21. The van der Waals surface area contributed by atoms with Gasteiger partial charge in [0.2, 0.25) is 0 Å². The minimum absolute atomic E-state index is 0.0326. The van der Waals surface area contributed by atoms with E-state index in [1.54, 1.807) is 24.3 Å². The number of benzene rings is 2. The minimum atomic E-state index is -3.37. The summed E-state index contributed by atoms with van der Waals surface area (Å²) in [6.07, 6.45) is 0. The first kappa shape index (κ1) is 24.1. The molecule has 12 heteroatoms. The van der Waals surface area contributed by atoms with Gasteiger partial charge in [-0.2, -0.15) is 0 Å². The van der Waals surface area contributed by atoms with Gasteiger partial charge in [-0.05, 0) is 36.4 Å². The maximum Gasteiger partial charge on any atom is 0.269 e. The second kappa shape index (κ2) is 9.94. The highest BCUT2D eigenvalue weighted by molar-refractivity contribution is 7.91. The van der Waals surface area contributed by atoms with Crippen molar-refractivity contribution in [2.75, 3.05) is 43.7 Å². The molecule has 2 aromatic rings. The van der Waals surface area contributed by atoms with Gasteiger partial charge in [0.15, 0.2) is 19.7 Å². The van der Waals surface area contributed by atoms with Gasteiger partial charge in [-0.25, -0.2) is 16.8 Å². The van der Waals surface area contributed by atoms with Crippen LogP contribution in [0.3, 0.4) is 0 Å². The maximum atomic E-state index is 11.9. The van der Waals surface area contributed by atoms with Crippen LogP contribution in [0.15, 0.2) is 58.3 Å². The van der Waals surface area contributed by atoms with Gasteiger partial charge in [0.25, 0.3) is 5.69 Å². The van der Waals surface area contributed by atoms with E-state index in [2.05, 4.69) is 0 Å². The Balaban J connectivity index is 0.000000182. The lowest BCUT2D eigenvalue weighted by Gasteiger charge is -2.25. The van der Waals surface area contributed by atoms with Gasteiger partial charge in [0, 0.05) is 29.7 Å². The van der Waals surface area contributed by atoms with Crippen molar-refractivity contribution in [2.24, 2.45) is 11.8 Å². The molecule has 2 heterocycles. The number of sulfone groups is 2. The van der Waals surface area contributed by atoms with Crippen LogP contribution in [0, 0.1) is 22.0 Å². The van der Waals surface area contributed by atoms with E-state index in [-0.39, 0.29) is 33.9 Å². The number of nitro benzene ring substituents is 1. The molecule has 2 saturated heterocycles. The van der Waals surface area contributed by atoms with E-state index in [9.17, 15) is 26.9 Å². The van der Waals surface area contributed by atoms with Crippen LogP contribution in [-0.4, -0.2) is 59.7 Å². The summed E-state index contributed by atoms with van der Waals surface area (Å²) in [6, 6.07) is 11.2. The molecule has 0 aromatic heterocycles. The monoisotopic (exact) mass is 484 g/mol. The zero-order valence-electron chi connectivity index (χ0n) is 17.1. The molecule has 0 spiro atoms. The second-order valence-corrected chi connectivity index (χ2v) is 11.8. The van der Waals surface area contributed by atoms with Crippen LogP contribution in [0.25, 0.3) is 0 Å². The van der Waals surface area contributed by atoms with Crippen molar-refractivity contribution in [3.63, 3.8) is 0 Å². The Kier molecular flexibility index (Phi) is 7.49. The van der Waals surface area contributed by atoms with Gasteiger partial charge in [-0.3, -0.25) is 10.1 Å². The van der Waals surface area contributed by atoms with E-state index >= 15 is 0 Å². The first-order chi connectivity index (χ1) is 15.1. The number of hydrogen-bond donors (Lipinski definition) is 1. The molecule has 10 nitrogen and oxygen atoms in total. The molecular formula is C20H24N2O8S2. The molecule has 32 heavy (non-hydrogen) atoms. The molecule has 2 fully saturated rings. The minimum Gasteiger partial charge on any atom is -0.399 e. The van der Waals surface area contributed by atoms with Gasteiger partial charge < -0.3 is 15.2 Å². The highest BCUT2D eigenvalue weighted by atomic mass is 32.2. The topological polar surface area (TPSA) is 156 Å². The highest BCUT2D eigenvalue weighted by Gasteiger charge is 2.27. The van der Waals surface area contributed by atoms with Gasteiger partial charge in [0.05, 0.1) is 52.6 Å². The first-order valence-corrected chi connectivity index (χ1v) is 13.1. The van der Waals surface area contributed by atoms with Crippen LogP contribution < -0.4 is 5.73 Å². The third-order valence-electron chi connectivity index (χ3n) is 4.97. The van der Waals surface area contributed by atoms with Gasteiger partial charge in [-0.1, -0.05) is 0 Å². The summed E-state index contributed by atoms with van der Waals surface area (Å²) in [7, 11) is -6.54. The molecule has 2 N–H and O–H groups in total. The Morgan fingerprint density at radius 2 is 1.16 bits per heavy atom. The summed E-state index contributed by atoms with van der Waals surface area (Å²) in [5.74, 6) is 0.379. The number of nitro groups is 1. The molecule has 2 aromatic carbocycles. The number of ether oxygens (including phenoxy) is 2. The van der Waals surface area contributed by atoms with E-state index in [0.717, 1.165) is 0 Å². The second-order valence-electron chi connectivity index (χ2n) is 7.69. The van der Waals surface area contributed by atoms with Gasteiger partial charge in [-0.15, -0.1) is 0 Å². The number of rotatable bonds is 7. The standard InChI is InChI=1S/C10H11NO5S.C10H13NO3S/c12-11(13)9-1-3-10(4-2-9)17(14,15)7-8-5-16-6-8;11-9-1-3-10(4-2-9)15(12,13)7-8-5-14-6-8/h1-4,8H,5-7H2;1-4,8H,5-7,11H2. The van der Waals surface area contributed by atoms with Crippen LogP contribution in [-0.2, 0) is 29.1 Å². The van der Waals surface area contributed by atoms with Crippen LogP contribution in [0.2, 0.25) is 0 Å². The van der Waals surface area contributed by atoms with Crippen molar-refractivity contribution in [1.82, 2.24) is 0 Å². The van der Waals surface area contributed by atoms with Crippen molar-refractivity contribution >= 4 is 31.0 Å². The third-order valence-corrected chi connectivity index (χ3v) is 8.77. The smallest absolute Gasteiger partial charge is 0.269 e. The summed E-state index contributed by atoms with van der Waals surface area (Å²) in [5.41, 5.74) is 5.95. The van der Waals surface area contributed by atoms with Crippen molar-refractivity contribution in [1.29, 1.82) is 0 Å². The molecule has 0 radical (unpaired) electrons. The van der Waals surface area contributed by atoms with Gasteiger partial charge >= 0.3 is 0 Å². The average molecular weight is 485 g/mol. The first-order valence-electron chi connectivity index (χ1n) is 9.78. The number of hydrogen-bond acceptors (Lipinski definition) is 9. The summed E-state index contributed by atoms with van der Waals surface area (Å²) in [6.45, 7) is 2.03. The quantitative estimate of drug-likeness (QED) is 0.351. The molecule has 2 aliphatic heterocycles. The van der Waals surface area contributed by atoms with Crippen molar-refractivity contribution in [2.45, 2.75) is 9.79 Å². The predicted octanol–water partition coefficient (Wildman–Crippen LogP) is 1.70. The molecule has 0 amide bonds. The Morgan fingerprint density at radius 3 is 1.47 bits per heavy atom. The van der Waals surface area contributed by atoms with Crippen molar-refractivity contribution in [3.05, 3.63) is 58.6 Å². The Hall–Kier alpha value is -2.54. The Labute approximate surface area is 186 Å². The van der Waals surface area contributed by atoms with E-state index in [1.165, 1.54) is 24.3 Å². The van der Waals surface area contributed by atoms with Crippen LogP contribution in [0.4, 0.5) is 11.4 Å². The number of nitrogen functional groups attached to an aromatic ring is 1. The molecular weight excluding hydrogens is 460 g/mol. The summed E-state index contributed by atoms with van der Waals surface area (Å²) in [4.78, 5) is 10.3. The normalized spacial score (nSPS) is 16.9. The lowest BCUT2D eigenvalue weighted by molar-refractivity contribution is -0.384. The molecule has 0 saturated carbocycles. The van der Waals surface area contributed by atoms with Crippen molar-refractivity contribution in [3.8, 4) is 0 Å². The van der Waals surface area contributed by atoms with E-state index in [4.69, 9.17) is 15.2 Å². The molecule has 0 atom stereocenters. The SMILES string of the molecule is Nc1ccc(S(=O)(=O)CC2COC2)cc1.O=[N+]([O-])c1ccc(S(=O)(=O)CC2COC2)cc1. The molecule has 0 unspecified atom stereocenters. The summed E-state index contributed by atoms with van der Waals surface area (Å²) >= 11 is 0. The maximum absolute atomic E-state index is 11.9. The molecule has 4 rings (SSSR count). The van der Waals surface area contributed by atoms with Crippen molar-refractivity contribution < 1.29 is 31.2 Å².